The standard InChI is InChI=1S/C17H28N4O/c1-12(2)17-19-14-11-21(9-7-15(14)20(17)3)16(22)5-4-13-6-8-18-10-13/h12-13,18H,4-11H2,1-3H3. The van der Waals surface area contributed by atoms with Crippen molar-refractivity contribution in [1.82, 2.24) is 19.8 Å². The Bertz CT molecular complexity index is 543. The van der Waals surface area contributed by atoms with Crippen LogP contribution in [0.5, 0.6) is 0 Å². The van der Waals surface area contributed by atoms with Gasteiger partial charge in [0.25, 0.3) is 0 Å². The van der Waals surface area contributed by atoms with E-state index in [1.54, 1.807) is 0 Å². The number of aromatic nitrogens is 2. The smallest absolute Gasteiger partial charge is 0.222 e. The molecule has 0 saturated carbocycles. The highest BCUT2D eigenvalue weighted by atomic mass is 16.2. The first-order valence-electron chi connectivity index (χ1n) is 8.59. The van der Waals surface area contributed by atoms with Crippen LogP contribution in [0.4, 0.5) is 0 Å². The Morgan fingerprint density at radius 2 is 2.27 bits per heavy atom. The third-order valence-corrected chi connectivity index (χ3v) is 5.09. The van der Waals surface area contributed by atoms with Crippen molar-refractivity contribution in [1.29, 1.82) is 0 Å². The van der Waals surface area contributed by atoms with Crippen molar-refractivity contribution in [2.24, 2.45) is 13.0 Å². The molecule has 1 atom stereocenters. The van der Waals surface area contributed by atoms with Crippen LogP contribution < -0.4 is 5.32 Å². The summed E-state index contributed by atoms with van der Waals surface area (Å²) in [5.74, 6) is 2.55. The second kappa shape index (κ2) is 6.41. The minimum absolute atomic E-state index is 0.300. The van der Waals surface area contributed by atoms with Crippen LogP contribution in [0.3, 0.4) is 0 Å². The number of rotatable bonds is 4. The minimum Gasteiger partial charge on any atom is -0.336 e. The van der Waals surface area contributed by atoms with Crippen LogP contribution in [0, 0.1) is 5.92 Å². The first kappa shape index (κ1) is 15.5. The van der Waals surface area contributed by atoms with Crippen LogP contribution in [0.15, 0.2) is 0 Å². The third kappa shape index (κ3) is 3.05. The number of amides is 1. The van der Waals surface area contributed by atoms with Crippen molar-refractivity contribution >= 4 is 5.91 Å². The summed E-state index contributed by atoms with van der Waals surface area (Å²) in [4.78, 5) is 19.2. The van der Waals surface area contributed by atoms with Crippen molar-refractivity contribution in [2.75, 3.05) is 19.6 Å². The Morgan fingerprint density at radius 3 is 2.95 bits per heavy atom. The van der Waals surface area contributed by atoms with E-state index in [2.05, 4.69) is 30.8 Å². The SMILES string of the molecule is CC(C)c1nc2c(n1C)CCN(C(=O)CCC1CCNC1)C2. The van der Waals surface area contributed by atoms with Gasteiger partial charge < -0.3 is 14.8 Å². The average Bonchev–Trinajstić information content (AvgIpc) is 3.12. The Labute approximate surface area is 133 Å². The third-order valence-electron chi connectivity index (χ3n) is 5.09. The van der Waals surface area contributed by atoms with Gasteiger partial charge in [-0.1, -0.05) is 13.8 Å². The molecule has 0 spiro atoms. The van der Waals surface area contributed by atoms with Gasteiger partial charge in [0.2, 0.25) is 5.91 Å². The molecule has 22 heavy (non-hydrogen) atoms. The summed E-state index contributed by atoms with van der Waals surface area (Å²) in [5, 5.41) is 3.37. The summed E-state index contributed by atoms with van der Waals surface area (Å²) < 4.78 is 2.23. The zero-order valence-electron chi connectivity index (χ0n) is 14.1. The second-order valence-corrected chi connectivity index (χ2v) is 7.04. The molecule has 3 rings (SSSR count). The molecule has 1 fully saturated rings. The van der Waals surface area contributed by atoms with E-state index in [1.165, 1.54) is 12.1 Å². The highest BCUT2D eigenvalue weighted by Crippen LogP contribution is 2.24. The number of fused-ring (bicyclic) bond motifs is 1. The number of carbonyl (C=O) groups is 1. The molecule has 1 aromatic rings. The number of carbonyl (C=O) groups excluding carboxylic acids is 1. The lowest BCUT2D eigenvalue weighted by Crippen LogP contribution is -2.36. The van der Waals surface area contributed by atoms with Crippen molar-refractivity contribution < 1.29 is 4.79 Å². The second-order valence-electron chi connectivity index (χ2n) is 7.04. The first-order chi connectivity index (χ1) is 10.6. The zero-order valence-corrected chi connectivity index (χ0v) is 14.1. The normalized spacial score (nSPS) is 21.5. The average molecular weight is 304 g/mol. The van der Waals surface area contributed by atoms with E-state index in [1.807, 2.05) is 4.90 Å². The largest absolute Gasteiger partial charge is 0.336 e. The quantitative estimate of drug-likeness (QED) is 0.923. The number of imidazole rings is 1. The molecule has 2 aliphatic rings. The van der Waals surface area contributed by atoms with Crippen LogP contribution in [-0.4, -0.2) is 40.0 Å². The molecule has 1 aromatic heterocycles. The monoisotopic (exact) mass is 304 g/mol. The lowest BCUT2D eigenvalue weighted by Gasteiger charge is -2.27. The van der Waals surface area contributed by atoms with Crippen LogP contribution >= 0.6 is 0 Å². The van der Waals surface area contributed by atoms with Crippen molar-refractivity contribution in [3.63, 3.8) is 0 Å². The molecule has 1 amide bonds. The van der Waals surface area contributed by atoms with Gasteiger partial charge in [-0.05, 0) is 31.8 Å². The van der Waals surface area contributed by atoms with E-state index in [-0.39, 0.29) is 0 Å². The molecule has 1 saturated heterocycles. The maximum absolute atomic E-state index is 12.5. The van der Waals surface area contributed by atoms with E-state index in [0.717, 1.165) is 44.0 Å². The van der Waals surface area contributed by atoms with E-state index < -0.39 is 0 Å². The van der Waals surface area contributed by atoms with Crippen LogP contribution in [0.25, 0.3) is 0 Å². The molecular weight excluding hydrogens is 276 g/mol. The number of nitrogens with zero attached hydrogens (tertiary/aromatic N) is 3. The number of nitrogens with one attached hydrogen (secondary N) is 1. The lowest BCUT2D eigenvalue weighted by atomic mass is 10.0. The van der Waals surface area contributed by atoms with Gasteiger partial charge in [-0.15, -0.1) is 0 Å². The molecule has 0 bridgehead atoms. The van der Waals surface area contributed by atoms with Gasteiger partial charge in [0.15, 0.2) is 0 Å². The molecule has 3 heterocycles. The zero-order chi connectivity index (χ0) is 15.7. The Kier molecular flexibility index (Phi) is 4.52. The summed E-state index contributed by atoms with van der Waals surface area (Å²) in [6, 6.07) is 0. The summed E-state index contributed by atoms with van der Waals surface area (Å²) in [7, 11) is 2.10. The van der Waals surface area contributed by atoms with E-state index in [4.69, 9.17) is 4.98 Å². The van der Waals surface area contributed by atoms with Crippen LogP contribution in [-0.2, 0) is 24.8 Å². The fraction of sp³-hybridized carbons (Fsp3) is 0.765. The van der Waals surface area contributed by atoms with E-state index >= 15 is 0 Å². The predicted molar refractivity (Wildman–Crippen MR) is 86.6 cm³/mol. The maximum atomic E-state index is 12.5. The molecule has 0 aliphatic carbocycles. The topological polar surface area (TPSA) is 50.2 Å². The Morgan fingerprint density at radius 1 is 1.45 bits per heavy atom. The summed E-state index contributed by atoms with van der Waals surface area (Å²) in [5.41, 5.74) is 2.42. The van der Waals surface area contributed by atoms with Gasteiger partial charge >= 0.3 is 0 Å². The summed E-state index contributed by atoms with van der Waals surface area (Å²) in [6.45, 7) is 8.06. The van der Waals surface area contributed by atoms with Gasteiger partial charge in [-0.3, -0.25) is 4.79 Å². The molecule has 1 unspecified atom stereocenters. The molecule has 0 aromatic carbocycles. The molecule has 122 valence electrons. The van der Waals surface area contributed by atoms with Crippen molar-refractivity contribution in [2.45, 2.75) is 52.0 Å². The van der Waals surface area contributed by atoms with Gasteiger partial charge in [0, 0.05) is 38.0 Å². The Balaban J connectivity index is 1.61. The predicted octanol–water partition coefficient (Wildman–Crippen LogP) is 1.82. The van der Waals surface area contributed by atoms with E-state index in [9.17, 15) is 4.79 Å². The van der Waals surface area contributed by atoms with Crippen LogP contribution in [0.1, 0.15) is 56.2 Å². The van der Waals surface area contributed by atoms with Gasteiger partial charge in [-0.2, -0.15) is 0 Å². The van der Waals surface area contributed by atoms with Crippen LogP contribution in [0.2, 0.25) is 0 Å². The fourth-order valence-corrected chi connectivity index (χ4v) is 3.72. The number of hydrogen-bond donors (Lipinski definition) is 1. The first-order valence-corrected chi connectivity index (χ1v) is 8.59. The molecule has 5 nitrogen and oxygen atoms in total. The fourth-order valence-electron chi connectivity index (χ4n) is 3.72. The minimum atomic E-state index is 0.300. The molecule has 0 radical (unpaired) electrons. The lowest BCUT2D eigenvalue weighted by molar-refractivity contribution is -0.132. The molecule has 1 N–H and O–H groups in total. The van der Waals surface area contributed by atoms with Crippen molar-refractivity contribution in [3.8, 4) is 0 Å². The molecular formula is C17H28N4O. The summed E-state index contributed by atoms with van der Waals surface area (Å²) >= 11 is 0. The molecule has 5 heteroatoms. The summed E-state index contributed by atoms with van der Waals surface area (Å²) in [6.07, 6.45) is 3.86. The Hall–Kier alpha value is -1.36. The highest BCUT2D eigenvalue weighted by molar-refractivity contribution is 5.76. The molecule has 2 aliphatic heterocycles. The maximum Gasteiger partial charge on any atom is 0.222 e. The van der Waals surface area contributed by atoms with Gasteiger partial charge in [0.05, 0.1) is 12.2 Å². The van der Waals surface area contributed by atoms with Crippen molar-refractivity contribution in [3.05, 3.63) is 17.2 Å². The highest BCUT2D eigenvalue weighted by Gasteiger charge is 2.26. The van der Waals surface area contributed by atoms with E-state index in [0.29, 0.717) is 30.7 Å². The van der Waals surface area contributed by atoms with Gasteiger partial charge in [-0.25, -0.2) is 4.98 Å². The number of hydrogen-bond acceptors (Lipinski definition) is 3. The van der Waals surface area contributed by atoms with Gasteiger partial charge in [0.1, 0.15) is 5.82 Å².